The number of furan rings is 1. The van der Waals surface area contributed by atoms with Gasteiger partial charge in [0.1, 0.15) is 5.76 Å². The van der Waals surface area contributed by atoms with Crippen molar-refractivity contribution in [2.24, 2.45) is 5.92 Å². The zero-order valence-electron chi connectivity index (χ0n) is 7.35. The van der Waals surface area contributed by atoms with E-state index in [9.17, 15) is 13.2 Å². The van der Waals surface area contributed by atoms with Crippen LogP contribution in [0.25, 0.3) is 0 Å². The van der Waals surface area contributed by atoms with E-state index < -0.39 is 18.5 Å². The first-order valence-corrected chi connectivity index (χ1v) is 5.28. The fourth-order valence-corrected chi connectivity index (χ4v) is 1.68. The summed E-state index contributed by atoms with van der Waals surface area (Å²) < 4.78 is 41.2. The molecule has 0 fully saturated rings. The van der Waals surface area contributed by atoms with Crippen LogP contribution in [-0.2, 0) is 6.42 Å². The van der Waals surface area contributed by atoms with Crippen LogP contribution in [0.4, 0.5) is 13.2 Å². The fourth-order valence-electron chi connectivity index (χ4n) is 1.22. The van der Waals surface area contributed by atoms with Crippen LogP contribution in [0.2, 0.25) is 0 Å². The third-order valence-electron chi connectivity index (χ3n) is 1.81. The van der Waals surface area contributed by atoms with Gasteiger partial charge in [0.15, 0.2) is 0 Å². The van der Waals surface area contributed by atoms with Crippen LogP contribution in [0.15, 0.2) is 22.8 Å². The molecule has 0 aliphatic carbocycles. The van der Waals surface area contributed by atoms with Gasteiger partial charge in [-0.1, -0.05) is 15.9 Å². The summed E-state index contributed by atoms with van der Waals surface area (Å²) in [5, 5.41) is 0.327. The first-order valence-electron chi connectivity index (χ1n) is 4.16. The monoisotopic (exact) mass is 270 g/mol. The maximum atomic E-state index is 12.1. The van der Waals surface area contributed by atoms with Gasteiger partial charge in [0.2, 0.25) is 0 Å². The van der Waals surface area contributed by atoms with Gasteiger partial charge in [0.25, 0.3) is 0 Å². The predicted octanol–water partition coefficient (Wildman–Crippen LogP) is 3.79. The standard InChI is InChI=1S/C9H10BrF3O/c10-6-7(5-9(11,12)13)4-8-2-1-3-14-8/h1-3,7H,4-6H2. The quantitative estimate of drug-likeness (QED) is 0.759. The van der Waals surface area contributed by atoms with Crippen molar-refractivity contribution in [2.75, 3.05) is 5.33 Å². The van der Waals surface area contributed by atoms with Crippen LogP contribution in [-0.4, -0.2) is 11.5 Å². The minimum Gasteiger partial charge on any atom is -0.469 e. The van der Waals surface area contributed by atoms with Crippen molar-refractivity contribution in [2.45, 2.75) is 19.0 Å². The summed E-state index contributed by atoms with van der Waals surface area (Å²) in [6.45, 7) is 0. The predicted molar refractivity (Wildman–Crippen MR) is 50.4 cm³/mol. The lowest BCUT2D eigenvalue weighted by Gasteiger charge is -2.14. The highest BCUT2D eigenvalue weighted by Gasteiger charge is 2.31. The Morgan fingerprint density at radius 3 is 2.57 bits per heavy atom. The van der Waals surface area contributed by atoms with E-state index in [1.807, 2.05) is 0 Å². The summed E-state index contributed by atoms with van der Waals surface area (Å²) in [4.78, 5) is 0. The molecule has 1 heterocycles. The molecule has 1 aromatic rings. The Hall–Kier alpha value is -0.450. The Morgan fingerprint density at radius 1 is 1.43 bits per heavy atom. The molecule has 0 radical (unpaired) electrons. The molecular formula is C9H10BrF3O. The Labute approximate surface area is 88.4 Å². The van der Waals surface area contributed by atoms with E-state index in [0.29, 0.717) is 17.5 Å². The summed E-state index contributed by atoms with van der Waals surface area (Å²) in [7, 11) is 0. The van der Waals surface area contributed by atoms with Crippen LogP contribution in [0.5, 0.6) is 0 Å². The van der Waals surface area contributed by atoms with Gasteiger partial charge in [0.05, 0.1) is 6.26 Å². The van der Waals surface area contributed by atoms with Gasteiger partial charge in [-0.15, -0.1) is 0 Å². The Kier molecular flexibility index (Phi) is 4.04. The first kappa shape index (κ1) is 11.6. The van der Waals surface area contributed by atoms with E-state index in [1.165, 1.54) is 6.26 Å². The molecule has 5 heteroatoms. The van der Waals surface area contributed by atoms with Crippen molar-refractivity contribution < 1.29 is 17.6 Å². The summed E-state index contributed by atoms with van der Waals surface area (Å²) in [6, 6.07) is 3.36. The third kappa shape index (κ3) is 4.17. The number of hydrogen-bond acceptors (Lipinski definition) is 1. The summed E-state index contributed by atoms with van der Waals surface area (Å²) >= 11 is 3.07. The molecule has 0 bridgehead atoms. The maximum Gasteiger partial charge on any atom is 0.389 e. The van der Waals surface area contributed by atoms with Crippen LogP contribution >= 0.6 is 15.9 Å². The van der Waals surface area contributed by atoms with Gasteiger partial charge in [-0.2, -0.15) is 13.2 Å². The fraction of sp³-hybridized carbons (Fsp3) is 0.556. The molecule has 1 aromatic heterocycles. The van der Waals surface area contributed by atoms with E-state index >= 15 is 0 Å². The van der Waals surface area contributed by atoms with Gasteiger partial charge < -0.3 is 4.42 Å². The highest BCUT2D eigenvalue weighted by atomic mass is 79.9. The Bertz CT molecular complexity index is 256. The van der Waals surface area contributed by atoms with Crippen molar-refractivity contribution in [3.8, 4) is 0 Å². The summed E-state index contributed by atoms with van der Waals surface area (Å²) in [6.07, 6.45) is -3.10. The van der Waals surface area contributed by atoms with Gasteiger partial charge in [-0.25, -0.2) is 0 Å². The molecule has 1 nitrogen and oxygen atoms in total. The second-order valence-electron chi connectivity index (χ2n) is 3.12. The summed E-state index contributed by atoms with van der Waals surface area (Å²) in [5.41, 5.74) is 0. The van der Waals surface area contributed by atoms with E-state index in [1.54, 1.807) is 12.1 Å². The molecule has 0 aliphatic heterocycles. The van der Waals surface area contributed by atoms with Crippen LogP contribution in [0.1, 0.15) is 12.2 Å². The Balaban J connectivity index is 2.47. The van der Waals surface area contributed by atoms with Crippen molar-refractivity contribution >= 4 is 15.9 Å². The molecule has 14 heavy (non-hydrogen) atoms. The lowest BCUT2D eigenvalue weighted by atomic mass is 10.0. The molecule has 0 saturated heterocycles. The van der Waals surface area contributed by atoms with E-state index in [2.05, 4.69) is 15.9 Å². The topological polar surface area (TPSA) is 13.1 Å². The van der Waals surface area contributed by atoms with E-state index in [4.69, 9.17) is 4.42 Å². The van der Waals surface area contributed by atoms with Crippen molar-refractivity contribution in [1.82, 2.24) is 0 Å². The number of halogens is 4. The average molecular weight is 271 g/mol. The second kappa shape index (κ2) is 4.87. The van der Waals surface area contributed by atoms with Gasteiger partial charge >= 0.3 is 6.18 Å². The molecule has 1 rings (SSSR count). The molecule has 1 unspecified atom stereocenters. The van der Waals surface area contributed by atoms with E-state index in [-0.39, 0.29) is 0 Å². The van der Waals surface area contributed by atoms with Gasteiger partial charge in [-0.05, 0) is 18.1 Å². The average Bonchev–Trinajstić information content (AvgIpc) is 2.53. The van der Waals surface area contributed by atoms with Crippen molar-refractivity contribution in [3.63, 3.8) is 0 Å². The van der Waals surface area contributed by atoms with Crippen molar-refractivity contribution in [3.05, 3.63) is 24.2 Å². The molecule has 0 saturated carbocycles. The third-order valence-corrected chi connectivity index (χ3v) is 2.72. The highest BCUT2D eigenvalue weighted by Crippen LogP contribution is 2.28. The van der Waals surface area contributed by atoms with E-state index in [0.717, 1.165) is 0 Å². The Morgan fingerprint density at radius 2 is 2.14 bits per heavy atom. The van der Waals surface area contributed by atoms with Crippen LogP contribution < -0.4 is 0 Å². The lowest BCUT2D eigenvalue weighted by Crippen LogP contribution is -2.17. The maximum absolute atomic E-state index is 12.1. The van der Waals surface area contributed by atoms with Crippen molar-refractivity contribution in [1.29, 1.82) is 0 Å². The van der Waals surface area contributed by atoms with Crippen LogP contribution in [0.3, 0.4) is 0 Å². The molecule has 0 aromatic carbocycles. The minimum atomic E-state index is -4.11. The number of rotatable bonds is 4. The minimum absolute atomic E-state index is 0.317. The van der Waals surface area contributed by atoms with Crippen LogP contribution in [0, 0.1) is 5.92 Å². The SMILES string of the molecule is FC(F)(F)CC(CBr)Cc1ccco1. The lowest BCUT2D eigenvalue weighted by molar-refractivity contribution is -0.142. The molecule has 1 atom stereocenters. The summed E-state index contributed by atoms with van der Waals surface area (Å²) in [5.74, 6) is 0.139. The zero-order valence-corrected chi connectivity index (χ0v) is 8.94. The first-order chi connectivity index (χ1) is 6.51. The zero-order chi connectivity index (χ0) is 10.6. The molecule has 0 aliphatic rings. The van der Waals surface area contributed by atoms with Gasteiger partial charge in [0, 0.05) is 18.2 Å². The normalized spacial score (nSPS) is 14.3. The molecule has 0 N–H and O–H groups in total. The molecule has 0 amide bonds. The second-order valence-corrected chi connectivity index (χ2v) is 3.77. The van der Waals surface area contributed by atoms with Gasteiger partial charge in [-0.3, -0.25) is 0 Å². The number of alkyl halides is 4. The highest BCUT2D eigenvalue weighted by molar-refractivity contribution is 9.09. The smallest absolute Gasteiger partial charge is 0.389 e. The number of hydrogen-bond donors (Lipinski definition) is 0. The largest absolute Gasteiger partial charge is 0.469 e. The molecule has 0 spiro atoms. The molecular weight excluding hydrogens is 261 g/mol. The molecule has 80 valence electrons.